The van der Waals surface area contributed by atoms with Crippen molar-refractivity contribution in [1.82, 2.24) is 10.3 Å². The topological polar surface area (TPSA) is 34.1 Å². The maximum absolute atomic E-state index is 5.88. The molecule has 0 saturated heterocycles. The lowest BCUT2D eigenvalue weighted by atomic mass is 10.1. The molecule has 3 nitrogen and oxygen atoms in total. The van der Waals surface area contributed by atoms with Crippen molar-refractivity contribution >= 4 is 10.9 Å². The average molecular weight is 244 g/mol. The van der Waals surface area contributed by atoms with Gasteiger partial charge in [-0.25, -0.2) is 0 Å². The normalized spacial score (nSPS) is 11.1. The first-order chi connectivity index (χ1) is 8.70. The molecule has 1 heterocycles. The smallest absolute Gasteiger partial charge is 0.130 e. The highest BCUT2D eigenvalue weighted by Crippen LogP contribution is 2.26. The minimum atomic E-state index is 0.169. The predicted octanol–water partition coefficient (Wildman–Crippen LogP) is 3.13. The van der Waals surface area contributed by atoms with Crippen LogP contribution in [0.1, 0.15) is 26.5 Å². The lowest BCUT2D eigenvalue weighted by Crippen LogP contribution is -2.14. The highest BCUT2D eigenvalue weighted by molar-refractivity contribution is 5.85. The van der Waals surface area contributed by atoms with E-state index in [1.54, 1.807) is 0 Å². The van der Waals surface area contributed by atoms with Crippen molar-refractivity contribution in [3.63, 3.8) is 0 Å². The van der Waals surface area contributed by atoms with Gasteiger partial charge in [-0.1, -0.05) is 19.1 Å². The molecule has 0 aliphatic carbocycles. The minimum absolute atomic E-state index is 0.169. The molecule has 96 valence electrons. The Hall–Kier alpha value is -1.61. The van der Waals surface area contributed by atoms with Crippen molar-refractivity contribution in [2.75, 3.05) is 6.54 Å². The summed E-state index contributed by atoms with van der Waals surface area (Å²) in [6.45, 7) is 7.88. The van der Waals surface area contributed by atoms with Crippen molar-refractivity contribution in [3.8, 4) is 5.75 Å². The molecular weight excluding hydrogens is 224 g/mol. The molecule has 0 atom stereocenters. The summed E-state index contributed by atoms with van der Waals surface area (Å²) in [7, 11) is 0. The number of para-hydroxylation sites is 1. The van der Waals surface area contributed by atoms with E-state index in [1.807, 2.05) is 38.1 Å². The molecule has 2 aromatic rings. The first kappa shape index (κ1) is 12.8. The monoisotopic (exact) mass is 244 g/mol. The molecule has 0 aliphatic heterocycles. The molecule has 1 aromatic heterocycles. The van der Waals surface area contributed by atoms with Crippen molar-refractivity contribution in [2.24, 2.45) is 0 Å². The number of fused-ring (bicyclic) bond motifs is 1. The summed E-state index contributed by atoms with van der Waals surface area (Å²) in [6.07, 6.45) is 0.169. The van der Waals surface area contributed by atoms with E-state index in [1.165, 1.54) is 0 Å². The third-order valence-corrected chi connectivity index (χ3v) is 2.65. The Kier molecular flexibility index (Phi) is 4.15. The van der Waals surface area contributed by atoms with Gasteiger partial charge in [-0.3, -0.25) is 4.98 Å². The van der Waals surface area contributed by atoms with Crippen LogP contribution in [0, 0.1) is 0 Å². The zero-order valence-corrected chi connectivity index (χ0v) is 11.2. The zero-order valence-electron chi connectivity index (χ0n) is 11.2. The van der Waals surface area contributed by atoms with Gasteiger partial charge in [0.1, 0.15) is 5.75 Å². The first-order valence-corrected chi connectivity index (χ1v) is 6.46. The lowest BCUT2D eigenvalue weighted by Gasteiger charge is -2.14. The number of benzene rings is 1. The summed E-state index contributed by atoms with van der Waals surface area (Å²) >= 11 is 0. The molecule has 0 spiro atoms. The second-order valence-electron chi connectivity index (χ2n) is 4.58. The first-order valence-electron chi connectivity index (χ1n) is 6.46. The molecule has 0 amide bonds. The molecule has 1 aromatic carbocycles. The van der Waals surface area contributed by atoms with E-state index in [4.69, 9.17) is 4.74 Å². The van der Waals surface area contributed by atoms with Crippen molar-refractivity contribution in [3.05, 3.63) is 36.0 Å². The fourth-order valence-corrected chi connectivity index (χ4v) is 1.89. The van der Waals surface area contributed by atoms with Gasteiger partial charge in [-0.15, -0.1) is 0 Å². The van der Waals surface area contributed by atoms with Gasteiger partial charge < -0.3 is 10.1 Å². The van der Waals surface area contributed by atoms with E-state index in [0.717, 1.165) is 35.4 Å². The maximum atomic E-state index is 5.88. The Balaban J connectivity index is 2.43. The molecule has 1 N–H and O–H groups in total. The molecular formula is C15H20N2O. The van der Waals surface area contributed by atoms with Crippen LogP contribution in [0.25, 0.3) is 10.9 Å². The number of pyridine rings is 1. The number of ether oxygens (including phenoxy) is 1. The summed E-state index contributed by atoms with van der Waals surface area (Å²) in [4.78, 5) is 4.64. The van der Waals surface area contributed by atoms with E-state index < -0.39 is 0 Å². The molecule has 18 heavy (non-hydrogen) atoms. The van der Waals surface area contributed by atoms with Crippen LogP contribution in [-0.2, 0) is 6.54 Å². The summed E-state index contributed by atoms with van der Waals surface area (Å²) in [5.41, 5.74) is 2.01. The van der Waals surface area contributed by atoms with Crippen LogP contribution >= 0.6 is 0 Å². The van der Waals surface area contributed by atoms with E-state index in [-0.39, 0.29) is 6.10 Å². The minimum Gasteiger partial charge on any atom is -0.490 e. The SMILES string of the molecule is CCNCc1cc(OC(C)C)c2ccccc2n1. The number of nitrogens with zero attached hydrogens (tertiary/aromatic N) is 1. The number of nitrogens with one attached hydrogen (secondary N) is 1. The number of aromatic nitrogens is 1. The van der Waals surface area contributed by atoms with E-state index in [0.29, 0.717) is 0 Å². The molecule has 2 rings (SSSR count). The van der Waals surface area contributed by atoms with Gasteiger partial charge in [0, 0.05) is 18.0 Å². The van der Waals surface area contributed by atoms with Crippen LogP contribution in [0.15, 0.2) is 30.3 Å². The maximum Gasteiger partial charge on any atom is 0.130 e. The lowest BCUT2D eigenvalue weighted by molar-refractivity contribution is 0.245. The highest BCUT2D eigenvalue weighted by Gasteiger charge is 2.07. The molecule has 0 fully saturated rings. The highest BCUT2D eigenvalue weighted by atomic mass is 16.5. The van der Waals surface area contributed by atoms with Crippen molar-refractivity contribution in [2.45, 2.75) is 33.4 Å². The zero-order chi connectivity index (χ0) is 13.0. The second-order valence-corrected chi connectivity index (χ2v) is 4.58. The van der Waals surface area contributed by atoms with Crippen LogP contribution in [0.5, 0.6) is 5.75 Å². The Morgan fingerprint density at radius 3 is 2.78 bits per heavy atom. The predicted molar refractivity (Wildman–Crippen MR) is 74.9 cm³/mol. The fourth-order valence-electron chi connectivity index (χ4n) is 1.89. The van der Waals surface area contributed by atoms with Gasteiger partial charge >= 0.3 is 0 Å². The molecule has 0 bridgehead atoms. The van der Waals surface area contributed by atoms with Gasteiger partial charge in [-0.05, 0) is 32.5 Å². The molecule has 0 radical (unpaired) electrons. The van der Waals surface area contributed by atoms with Gasteiger partial charge in [0.05, 0.1) is 17.3 Å². The van der Waals surface area contributed by atoms with Gasteiger partial charge in [0.25, 0.3) is 0 Å². The van der Waals surface area contributed by atoms with Gasteiger partial charge in [0.15, 0.2) is 0 Å². The summed E-state index contributed by atoms with van der Waals surface area (Å²) in [5.74, 6) is 0.920. The Labute approximate surface area is 108 Å². The third kappa shape index (κ3) is 2.99. The summed E-state index contributed by atoms with van der Waals surface area (Å²) < 4.78 is 5.88. The average Bonchev–Trinajstić information content (AvgIpc) is 2.35. The number of rotatable bonds is 5. The van der Waals surface area contributed by atoms with Crippen LogP contribution in [-0.4, -0.2) is 17.6 Å². The summed E-state index contributed by atoms with van der Waals surface area (Å²) in [6, 6.07) is 10.1. The Morgan fingerprint density at radius 2 is 2.06 bits per heavy atom. The molecule has 0 saturated carbocycles. The second kappa shape index (κ2) is 5.83. The van der Waals surface area contributed by atoms with Crippen LogP contribution in [0.4, 0.5) is 0 Å². The molecule has 0 aliphatic rings. The number of hydrogen-bond acceptors (Lipinski definition) is 3. The quantitative estimate of drug-likeness (QED) is 0.877. The van der Waals surface area contributed by atoms with Crippen molar-refractivity contribution in [1.29, 1.82) is 0 Å². The number of hydrogen-bond donors (Lipinski definition) is 1. The fraction of sp³-hybridized carbons (Fsp3) is 0.400. The Morgan fingerprint density at radius 1 is 1.28 bits per heavy atom. The standard InChI is InChI=1S/C15H20N2O/c1-4-16-10-12-9-15(18-11(2)3)13-7-5-6-8-14(13)17-12/h5-9,11,16H,4,10H2,1-3H3. The Bertz CT molecular complexity index is 523. The summed E-state index contributed by atoms with van der Waals surface area (Å²) in [5, 5.41) is 4.37. The van der Waals surface area contributed by atoms with Gasteiger partial charge in [-0.2, -0.15) is 0 Å². The van der Waals surface area contributed by atoms with E-state index in [2.05, 4.69) is 23.3 Å². The molecule has 0 unspecified atom stereocenters. The van der Waals surface area contributed by atoms with E-state index >= 15 is 0 Å². The molecule has 3 heteroatoms. The van der Waals surface area contributed by atoms with Crippen LogP contribution in [0.3, 0.4) is 0 Å². The van der Waals surface area contributed by atoms with Crippen LogP contribution in [0.2, 0.25) is 0 Å². The van der Waals surface area contributed by atoms with Crippen LogP contribution < -0.4 is 10.1 Å². The van der Waals surface area contributed by atoms with Gasteiger partial charge in [0.2, 0.25) is 0 Å². The third-order valence-electron chi connectivity index (χ3n) is 2.65. The largest absolute Gasteiger partial charge is 0.490 e. The van der Waals surface area contributed by atoms with Crippen molar-refractivity contribution < 1.29 is 4.74 Å². The van der Waals surface area contributed by atoms with E-state index in [9.17, 15) is 0 Å².